The number of hydrogen-bond acceptors (Lipinski definition) is 4. The molecule has 2 N–H and O–H groups in total. The van der Waals surface area contributed by atoms with E-state index < -0.39 is 0 Å². The molecule has 1 fully saturated rings. The zero-order chi connectivity index (χ0) is 15.4. The summed E-state index contributed by atoms with van der Waals surface area (Å²) in [7, 11) is 0. The average Bonchev–Trinajstić information content (AvgIpc) is 3.25. The number of anilines is 2. The van der Waals surface area contributed by atoms with Crippen molar-refractivity contribution in [3.8, 4) is 0 Å². The van der Waals surface area contributed by atoms with Gasteiger partial charge in [-0.15, -0.1) is 0 Å². The van der Waals surface area contributed by atoms with E-state index in [9.17, 15) is 4.79 Å². The Labute approximate surface area is 127 Å². The van der Waals surface area contributed by atoms with Crippen molar-refractivity contribution in [2.24, 2.45) is 5.92 Å². The Balaban J connectivity index is 2.24. The first-order valence-electron chi connectivity index (χ1n) is 7.86. The fraction of sp³-hybridized carbons (Fsp3) is 0.588. The first-order valence-corrected chi connectivity index (χ1v) is 7.86. The number of nitrogen functional groups attached to an aromatic ring is 1. The Morgan fingerprint density at radius 2 is 2.14 bits per heavy atom. The van der Waals surface area contributed by atoms with E-state index in [1.807, 2.05) is 12.1 Å². The van der Waals surface area contributed by atoms with E-state index in [0.717, 1.165) is 18.7 Å². The van der Waals surface area contributed by atoms with E-state index in [1.165, 1.54) is 12.8 Å². The molecule has 1 aromatic carbocycles. The Morgan fingerprint density at radius 3 is 2.71 bits per heavy atom. The summed E-state index contributed by atoms with van der Waals surface area (Å²) < 4.78 is 5.08. The second-order valence-electron chi connectivity index (χ2n) is 6.07. The highest BCUT2D eigenvalue weighted by Gasteiger charge is 2.31. The first kappa shape index (κ1) is 15.7. The third-order valence-corrected chi connectivity index (χ3v) is 3.82. The number of para-hydroxylation sites is 1. The van der Waals surface area contributed by atoms with Crippen LogP contribution in [0.2, 0.25) is 0 Å². The Hall–Kier alpha value is -1.71. The molecule has 0 heterocycles. The molecule has 0 amide bonds. The van der Waals surface area contributed by atoms with E-state index in [-0.39, 0.29) is 5.97 Å². The topological polar surface area (TPSA) is 55.6 Å². The van der Waals surface area contributed by atoms with Crippen LogP contribution in [0.15, 0.2) is 18.2 Å². The van der Waals surface area contributed by atoms with Crippen molar-refractivity contribution >= 4 is 17.3 Å². The van der Waals surface area contributed by atoms with Gasteiger partial charge in [0.25, 0.3) is 0 Å². The smallest absolute Gasteiger partial charge is 0.340 e. The molecule has 2 rings (SSSR count). The SMILES string of the molecule is CCOC(=O)c1cccc(N(CCC(C)C)C2CC2)c1N. The van der Waals surface area contributed by atoms with Gasteiger partial charge in [-0.2, -0.15) is 0 Å². The number of hydrogen-bond donors (Lipinski definition) is 1. The molecule has 21 heavy (non-hydrogen) atoms. The molecule has 4 heteroatoms. The minimum atomic E-state index is -0.337. The monoisotopic (exact) mass is 290 g/mol. The van der Waals surface area contributed by atoms with Gasteiger partial charge >= 0.3 is 5.97 Å². The van der Waals surface area contributed by atoms with Crippen molar-refractivity contribution in [3.63, 3.8) is 0 Å². The van der Waals surface area contributed by atoms with Gasteiger partial charge < -0.3 is 15.4 Å². The van der Waals surface area contributed by atoms with Gasteiger partial charge in [0.05, 0.1) is 23.5 Å². The lowest BCUT2D eigenvalue weighted by Gasteiger charge is -2.27. The molecule has 0 aromatic heterocycles. The fourth-order valence-electron chi connectivity index (χ4n) is 2.47. The van der Waals surface area contributed by atoms with E-state index in [4.69, 9.17) is 10.5 Å². The molecular formula is C17H26N2O2. The van der Waals surface area contributed by atoms with Crippen LogP contribution < -0.4 is 10.6 Å². The van der Waals surface area contributed by atoms with E-state index in [0.29, 0.717) is 29.8 Å². The lowest BCUT2D eigenvalue weighted by atomic mass is 10.1. The summed E-state index contributed by atoms with van der Waals surface area (Å²) in [5.41, 5.74) is 8.24. The maximum atomic E-state index is 12.0. The molecule has 0 radical (unpaired) electrons. The summed E-state index contributed by atoms with van der Waals surface area (Å²) in [5, 5.41) is 0. The predicted octanol–water partition coefficient (Wildman–Crippen LogP) is 3.46. The highest BCUT2D eigenvalue weighted by atomic mass is 16.5. The van der Waals surface area contributed by atoms with Crippen LogP contribution >= 0.6 is 0 Å². The quantitative estimate of drug-likeness (QED) is 0.617. The van der Waals surface area contributed by atoms with Gasteiger partial charge in [0, 0.05) is 12.6 Å². The molecule has 0 saturated heterocycles. The molecule has 0 spiro atoms. The van der Waals surface area contributed by atoms with Crippen molar-refractivity contribution in [2.75, 3.05) is 23.8 Å². The van der Waals surface area contributed by atoms with Crippen LogP contribution in [0.1, 0.15) is 50.4 Å². The molecule has 116 valence electrons. The largest absolute Gasteiger partial charge is 0.462 e. The summed E-state index contributed by atoms with van der Waals surface area (Å²) in [5.74, 6) is 0.317. The summed E-state index contributed by atoms with van der Waals surface area (Å²) in [6.07, 6.45) is 3.54. The van der Waals surface area contributed by atoms with Crippen LogP contribution in [0.5, 0.6) is 0 Å². The molecule has 1 saturated carbocycles. The third kappa shape index (κ3) is 3.90. The van der Waals surface area contributed by atoms with Gasteiger partial charge in [0.2, 0.25) is 0 Å². The predicted molar refractivity (Wildman–Crippen MR) is 86.6 cm³/mol. The number of rotatable bonds is 7. The van der Waals surface area contributed by atoms with Gasteiger partial charge in [-0.3, -0.25) is 0 Å². The number of nitrogens with two attached hydrogens (primary N) is 1. The number of nitrogens with zero attached hydrogens (tertiary/aromatic N) is 1. The highest BCUT2D eigenvalue weighted by molar-refractivity contribution is 5.98. The summed E-state index contributed by atoms with van der Waals surface area (Å²) in [4.78, 5) is 14.3. The van der Waals surface area contributed by atoms with E-state index >= 15 is 0 Å². The third-order valence-electron chi connectivity index (χ3n) is 3.82. The zero-order valence-electron chi connectivity index (χ0n) is 13.3. The fourth-order valence-corrected chi connectivity index (χ4v) is 2.47. The van der Waals surface area contributed by atoms with E-state index in [1.54, 1.807) is 13.0 Å². The van der Waals surface area contributed by atoms with Gasteiger partial charge in [0.1, 0.15) is 0 Å². The second-order valence-corrected chi connectivity index (χ2v) is 6.07. The lowest BCUT2D eigenvalue weighted by Crippen LogP contribution is -2.29. The molecule has 1 aliphatic rings. The lowest BCUT2D eigenvalue weighted by molar-refractivity contribution is 0.0527. The van der Waals surface area contributed by atoms with Gasteiger partial charge in [-0.05, 0) is 44.2 Å². The molecule has 4 nitrogen and oxygen atoms in total. The normalized spacial score (nSPS) is 14.3. The number of esters is 1. The average molecular weight is 290 g/mol. The molecule has 1 aliphatic carbocycles. The Morgan fingerprint density at radius 1 is 1.43 bits per heavy atom. The number of carbonyl (C=O) groups is 1. The van der Waals surface area contributed by atoms with Crippen LogP contribution in [-0.4, -0.2) is 25.2 Å². The van der Waals surface area contributed by atoms with Crippen LogP contribution in [0.4, 0.5) is 11.4 Å². The Kier molecular flexibility index (Phi) is 5.10. The van der Waals surface area contributed by atoms with E-state index in [2.05, 4.69) is 18.7 Å². The van der Waals surface area contributed by atoms with Crippen molar-refractivity contribution in [2.45, 2.75) is 46.1 Å². The maximum absolute atomic E-state index is 12.0. The van der Waals surface area contributed by atoms with Crippen molar-refractivity contribution in [3.05, 3.63) is 23.8 Å². The Bertz CT molecular complexity index is 496. The van der Waals surface area contributed by atoms with Crippen LogP contribution in [0, 0.1) is 5.92 Å². The van der Waals surface area contributed by atoms with Crippen molar-refractivity contribution in [1.82, 2.24) is 0 Å². The number of ether oxygens (including phenoxy) is 1. The standard InChI is InChI=1S/C17H26N2O2/c1-4-21-17(20)14-6-5-7-15(16(14)18)19(13-8-9-13)11-10-12(2)3/h5-7,12-13H,4,8-11,18H2,1-3H3. The zero-order valence-corrected chi connectivity index (χ0v) is 13.3. The maximum Gasteiger partial charge on any atom is 0.340 e. The molecule has 0 aliphatic heterocycles. The first-order chi connectivity index (χ1) is 10.0. The van der Waals surface area contributed by atoms with Gasteiger partial charge in [-0.25, -0.2) is 4.79 Å². The molecule has 0 unspecified atom stereocenters. The minimum Gasteiger partial charge on any atom is -0.462 e. The second kappa shape index (κ2) is 6.83. The van der Waals surface area contributed by atoms with Crippen LogP contribution in [0.25, 0.3) is 0 Å². The molecular weight excluding hydrogens is 264 g/mol. The van der Waals surface area contributed by atoms with Crippen LogP contribution in [-0.2, 0) is 4.74 Å². The minimum absolute atomic E-state index is 0.337. The molecule has 0 atom stereocenters. The molecule has 0 bridgehead atoms. The molecule has 1 aromatic rings. The van der Waals surface area contributed by atoms with Crippen molar-refractivity contribution in [1.29, 1.82) is 0 Å². The number of carbonyl (C=O) groups excluding carboxylic acids is 1. The van der Waals surface area contributed by atoms with Gasteiger partial charge in [0.15, 0.2) is 0 Å². The van der Waals surface area contributed by atoms with Gasteiger partial charge in [-0.1, -0.05) is 19.9 Å². The highest BCUT2D eigenvalue weighted by Crippen LogP contribution is 2.36. The summed E-state index contributed by atoms with van der Waals surface area (Å²) in [6.45, 7) is 7.60. The van der Waals surface area contributed by atoms with Crippen LogP contribution in [0.3, 0.4) is 0 Å². The van der Waals surface area contributed by atoms with Crippen molar-refractivity contribution < 1.29 is 9.53 Å². The number of benzene rings is 1. The summed E-state index contributed by atoms with van der Waals surface area (Å²) in [6, 6.07) is 6.22. The summed E-state index contributed by atoms with van der Waals surface area (Å²) >= 11 is 0.